The SMILES string of the molecule is CC1NC(C)C(CCOC(=O)CCCCCCCCCCn2ccnc2)(C(=O)O)C(c2cccc([N+](=O)[O-])c2)C1(C)C(=O)O. The summed E-state index contributed by atoms with van der Waals surface area (Å²) in [6, 6.07) is 4.12. The molecule has 12 heteroatoms. The molecular formula is C32H46N4O8. The van der Waals surface area contributed by atoms with Crippen molar-refractivity contribution >= 4 is 23.6 Å². The molecular weight excluding hydrogens is 568 g/mol. The lowest BCUT2D eigenvalue weighted by Gasteiger charge is -2.56. The predicted molar refractivity (Wildman–Crippen MR) is 163 cm³/mol. The second kappa shape index (κ2) is 15.8. The zero-order valence-corrected chi connectivity index (χ0v) is 25.9. The van der Waals surface area contributed by atoms with Gasteiger partial charge in [-0.3, -0.25) is 24.5 Å². The predicted octanol–water partition coefficient (Wildman–Crippen LogP) is 5.56. The Balaban J connectivity index is 1.56. The van der Waals surface area contributed by atoms with Crippen LogP contribution in [0.25, 0.3) is 0 Å². The number of rotatable bonds is 18. The van der Waals surface area contributed by atoms with E-state index in [2.05, 4.69) is 14.9 Å². The molecule has 1 fully saturated rings. The van der Waals surface area contributed by atoms with Crippen molar-refractivity contribution in [2.45, 2.75) is 110 Å². The smallest absolute Gasteiger partial charge is 0.312 e. The number of aromatic nitrogens is 2. The van der Waals surface area contributed by atoms with Gasteiger partial charge in [-0.2, -0.15) is 0 Å². The normalized spacial score (nSPS) is 24.9. The molecule has 2 heterocycles. The van der Waals surface area contributed by atoms with Crippen LogP contribution in [-0.4, -0.2) is 61.3 Å². The molecule has 0 amide bonds. The number of hydrogen-bond donors (Lipinski definition) is 3. The van der Waals surface area contributed by atoms with Gasteiger partial charge in [0.1, 0.15) is 0 Å². The van der Waals surface area contributed by atoms with Gasteiger partial charge in [0.05, 0.1) is 28.7 Å². The molecule has 1 aromatic heterocycles. The standard InChI is InChI=1S/C32H46N4O8/c1-23-31(3,29(38)39)28(25-13-12-14-26(21-25)36(42)43)32(30(40)41,24(2)34-23)16-20-44-27(37)15-10-8-6-4-5-7-9-11-18-35-19-17-33-22-35/h12-14,17,19,21-24,28,34H,4-11,15-16,18,20H2,1-3H3,(H,38,39)(H,40,41). The van der Waals surface area contributed by atoms with E-state index in [0.717, 1.165) is 38.6 Å². The van der Waals surface area contributed by atoms with Crippen LogP contribution in [0, 0.1) is 20.9 Å². The summed E-state index contributed by atoms with van der Waals surface area (Å²) in [5.41, 5.74) is -3.38. The zero-order valence-electron chi connectivity index (χ0n) is 25.9. The number of piperidine rings is 1. The fourth-order valence-electron chi connectivity index (χ4n) is 6.73. The zero-order chi connectivity index (χ0) is 32.3. The average Bonchev–Trinajstić information content (AvgIpc) is 3.50. The van der Waals surface area contributed by atoms with Crippen LogP contribution in [0.5, 0.6) is 0 Å². The summed E-state index contributed by atoms with van der Waals surface area (Å²) in [7, 11) is 0. The summed E-state index contributed by atoms with van der Waals surface area (Å²) in [5, 5.41) is 35.7. The molecule has 242 valence electrons. The first-order valence-electron chi connectivity index (χ1n) is 15.5. The summed E-state index contributed by atoms with van der Waals surface area (Å²) in [4.78, 5) is 53.3. The third kappa shape index (κ3) is 8.02. The van der Waals surface area contributed by atoms with Crippen LogP contribution in [0.15, 0.2) is 43.0 Å². The molecule has 1 aliphatic rings. The fourth-order valence-corrected chi connectivity index (χ4v) is 6.73. The van der Waals surface area contributed by atoms with Gasteiger partial charge in [0.15, 0.2) is 0 Å². The quantitative estimate of drug-likeness (QED) is 0.0834. The van der Waals surface area contributed by atoms with Crippen LogP contribution in [0.2, 0.25) is 0 Å². The molecule has 12 nitrogen and oxygen atoms in total. The van der Waals surface area contributed by atoms with Crippen molar-refractivity contribution in [1.29, 1.82) is 0 Å². The number of nitrogens with one attached hydrogen (secondary N) is 1. The van der Waals surface area contributed by atoms with E-state index in [1.54, 1.807) is 20.0 Å². The van der Waals surface area contributed by atoms with Crippen LogP contribution in [0.3, 0.4) is 0 Å². The number of imidazole rings is 1. The van der Waals surface area contributed by atoms with Crippen molar-refractivity contribution in [2.24, 2.45) is 10.8 Å². The maximum absolute atomic E-state index is 13.1. The summed E-state index contributed by atoms with van der Waals surface area (Å²) in [6.45, 7) is 5.57. The number of hydrogen-bond acceptors (Lipinski definition) is 8. The van der Waals surface area contributed by atoms with E-state index in [1.807, 2.05) is 12.5 Å². The van der Waals surface area contributed by atoms with Gasteiger partial charge in [-0.1, -0.05) is 50.7 Å². The maximum Gasteiger partial charge on any atom is 0.312 e. The Morgan fingerprint density at radius 1 is 1.02 bits per heavy atom. The Labute approximate surface area is 258 Å². The number of carbonyl (C=O) groups is 3. The lowest BCUT2D eigenvalue weighted by Crippen LogP contribution is -2.69. The number of ether oxygens (including phenoxy) is 1. The van der Waals surface area contributed by atoms with Crippen molar-refractivity contribution in [3.05, 3.63) is 58.7 Å². The highest BCUT2D eigenvalue weighted by molar-refractivity contribution is 5.84. The molecule has 3 rings (SSSR count). The Bertz CT molecular complexity index is 1270. The van der Waals surface area contributed by atoms with Gasteiger partial charge in [-0.15, -0.1) is 0 Å². The first-order chi connectivity index (χ1) is 20.9. The van der Waals surface area contributed by atoms with Gasteiger partial charge in [0.2, 0.25) is 0 Å². The Kier molecular flexibility index (Phi) is 12.4. The van der Waals surface area contributed by atoms with Gasteiger partial charge >= 0.3 is 17.9 Å². The van der Waals surface area contributed by atoms with Gasteiger partial charge in [0.25, 0.3) is 5.69 Å². The van der Waals surface area contributed by atoms with E-state index in [9.17, 15) is 34.7 Å². The number of unbranched alkanes of at least 4 members (excludes halogenated alkanes) is 7. The summed E-state index contributed by atoms with van der Waals surface area (Å²) < 4.78 is 7.56. The molecule has 2 aromatic rings. The lowest BCUT2D eigenvalue weighted by molar-refractivity contribution is -0.385. The third-order valence-electron chi connectivity index (χ3n) is 9.45. The van der Waals surface area contributed by atoms with Crippen LogP contribution < -0.4 is 5.32 Å². The minimum absolute atomic E-state index is 0.161. The number of aryl methyl sites for hydroxylation is 1. The Morgan fingerprint density at radius 3 is 2.27 bits per heavy atom. The largest absolute Gasteiger partial charge is 0.481 e. The van der Waals surface area contributed by atoms with Crippen LogP contribution in [-0.2, 0) is 25.7 Å². The van der Waals surface area contributed by atoms with E-state index in [1.165, 1.54) is 44.0 Å². The van der Waals surface area contributed by atoms with Crippen molar-refractivity contribution in [3.63, 3.8) is 0 Å². The number of esters is 1. The highest BCUT2D eigenvalue weighted by Gasteiger charge is 2.65. The van der Waals surface area contributed by atoms with Gasteiger partial charge in [0, 0.05) is 55.5 Å². The third-order valence-corrected chi connectivity index (χ3v) is 9.45. The Morgan fingerprint density at radius 2 is 1.68 bits per heavy atom. The summed E-state index contributed by atoms with van der Waals surface area (Å²) >= 11 is 0. The monoisotopic (exact) mass is 614 g/mol. The molecule has 0 spiro atoms. The van der Waals surface area contributed by atoms with Crippen molar-refractivity contribution in [1.82, 2.24) is 14.9 Å². The number of benzene rings is 1. The van der Waals surface area contributed by atoms with Gasteiger partial charge in [-0.05, 0) is 45.6 Å². The molecule has 5 unspecified atom stereocenters. The second-order valence-electron chi connectivity index (χ2n) is 12.2. The van der Waals surface area contributed by atoms with Crippen molar-refractivity contribution in [3.8, 4) is 0 Å². The topological polar surface area (TPSA) is 174 Å². The molecule has 0 bridgehead atoms. The van der Waals surface area contributed by atoms with Crippen LogP contribution >= 0.6 is 0 Å². The minimum Gasteiger partial charge on any atom is -0.481 e. The molecule has 0 radical (unpaired) electrons. The highest BCUT2D eigenvalue weighted by Crippen LogP contribution is 2.57. The molecule has 0 aliphatic carbocycles. The first kappa shape index (κ1) is 34.7. The number of carboxylic acid groups (broad SMARTS) is 2. The second-order valence-corrected chi connectivity index (χ2v) is 12.2. The Hall–Kier alpha value is -3.80. The number of carboxylic acids is 2. The van der Waals surface area contributed by atoms with E-state index in [0.29, 0.717) is 6.42 Å². The minimum atomic E-state index is -1.73. The van der Waals surface area contributed by atoms with E-state index < -0.39 is 51.7 Å². The molecule has 44 heavy (non-hydrogen) atoms. The van der Waals surface area contributed by atoms with E-state index in [-0.39, 0.29) is 30.7 Å². The van der Waals surface area contributed by atoms with Crippen LogP contribution in [0.1, 0.15) is 96.5 Å². The summed E-state index contributed by atoms with van der Waals surface area (Å²) in [6.07, 6.45) is 14.0. The fraction of sp³-hybridized carbons (Fsp3) is 0.625. The molecule has 1 saturated heterocycles. The first-order valence-corrected chi connectivity index (χ1v) is 15.5. The van der Waals surface area contributed by atoms with Crippen molar-refractivity contribution < 1.29 is 34.3 Å². The molecule has 1 aromatic carbocycles. The molecule has 0 saturated carbocycles. The van der Waals surface area contributed by atoms with E-state index >= 15 is 0 Å². The number of non-ortho nitro benzene ring substituents is 1. The summed E-state index contributed by atoms with van der Waals surface area (Å²) in [5.74, 6) is -4.06. The highest BCUT2D eigenvalue weighted by atomic mass is 16.6. The molecule has 1 aliphatic heterocycles. The van der Waals surface area contributed by atoms with Crippen molar-refractivity contribution in [2.75, 3.05) is 6.61 Å². The lowest BCUT2D eigenvalue weighted by atomic mass is 9.51. The number of nitrogens with zero attached hydrogens (tertiary/aromatic N) is 3. The number of carbonyl (C=O) groups excluding carboxylic acids is 1. The average molecular weight is 615 g/mol. The van der Waals surface area contributed by atoms with Gasteiger partial charge < -0.3 is 24.8 Å². The molecule has 5 atom stereocenters. The maximum atomic E-state index is 13.1. The molecule has 3 N–H and O–H groups in total. The van der Waals surface area contributed by atoms with Gasteiger partial charge in [-0.25, -0.2) is 4.98 Å². The number of nitro benzene ring substituents is 1. The van der Waals surface area contributed by atoms with E-state index in [4.69, 9.17) is 4.74 Å². The number of aliphatic carboxylic acids is 2. The van der Waals surface area contributed by atoms with Crippen LogP contribution in [0.4, 0.5) is 5.69 Å². The number of nitro groups is 1.